The van der Waals surface area contributed by atoms with Gasteiger partial charge in [0.15, 0.2) is 58.9 Å². The smallest absolute Gasteiger partial charge is 1.00 e. The molecule has 3 heterocycles. The third kappa shape index (κ3) is 48.9. The Morgan fingerprint density at radius 3 is 1.33 bits per heavy atom. The van der Waals surface area contributed by atoms with E-state index in [9.17, 15) is 44.6 Å². The Kier molecular flexibility index (Phi) is 62.7. The molecule has 0 saturated carbocycles. The zero-order valence-corrected chi connectivity index (χ0v) is 84.4. The summed E-state index contributed by atoms with van der Waals surface area (Å²) >= 11 is 5.53. The third-order valence-electron chi connectivity index (χ3n) is 21.1. The van der Waals surface area contributed by atoms with Crippen LogP contribution in [0.2, 0.25) is 0 Å². The Morgan fingerprint density at radius 2 is 0.912 bits per heavy atom. The molecular weight excluding hydrogens is 1910 g/mol. The molecule has 3 aliphatic heterocycles. The van der Waals surface area contributed by atoms with Gasteiger partial charge in [-0.05, 0) is 180 Å². The summed E-state index contributed by atoms with van der Waals surface area (Å²) in [5, 5.41) is 84.6. The Morgan fingerprint density at radius 1 is 0.503 bits per heavy atom. The van der Waals surface area contributed by atoms with Crippen molar-refractivity contribution in [3.63, 3.8) is 0 Å². The summed E-state index contributed by atoms with van der Waals surface area (Å²) in [5.74, 6) is 4.67. The molecule has 3 aliphatic rings. The molecule has 31 nitrogen and oxygen atoms in total. The van der Waals surface area contributed by atoms with Gasteiger partial charge < -0.3 is 102 Å². The number of phenols is 1. The van der Waals surface area contributed by atoms with Gasteiger partial charge in [0.2, 0.25) is 25.2 Å². The molecule has 12 aromatic rings. The van der Waals surface area contributed by atoms with Gasteiger partial charge in [0, 0.05) is 107 Å². The number of carboxylic acids is 2. The Hall–Kier alpha value is -14.5. The minimum atomic E-state index is -0.966. The molecule has 778 valence electrons. The number of hydrogen-bond acceptors (Lipinski definition) is 26. The molecule has 1 amide bonds. The molecule has 0 spiro atoms. The second kappa shape index (κ2) is 72.8. The van der Waals surface area contributed by atoms with Crippen LogP contribution >= 0.6 is 11.6 Å². The van der Waals surface area contributed by atoms with E-state index < -0.39 is 16.9 Å². The predicted octanol–water partition coefficient (Wildman–Crippen LogP) is 16.7. The van der Waals surface area contributed by atoms with Crippen LogP contribution in [0.15, 0.2) is 285 Å². The number of aldehydes is 2. The molecule has 2 unspecified atom stereocenters. The van der Waals surface area contributed by atoms with Crippen LogP contribution in [0.5, 0.6) is 57.5 Å². The fourth-order valence-electron chi connectivity index (χ4n) is 13.2. The molecule has 15 rings (SSSR count). The number of fused-ring (bicyclic) bond motifs is 2. The number of aromatic hydroxyl groups is 1. The van der Waals surface area contributed by atoms with Gasteiger partial charge >= 0.3 is 24.8 Å². The van der Waals surface area contributed by atoms with Gasteiger partial charge in [-0.1, -0.05) is 233 Å². The van der Waals surface area contributed by atoms with Gasteiger partial charge in [-0.25, -0.2) is 4.79 Å². The molecule has 2 atom stereocenters. The molecule has 0 aromatic heterocycles. The second-order valence-electron chi connectivity index (χ2n) is 31.9. The van der Waals surface area contributed by atoms with Crippen molar-refractivity contribution in [1.29, 1.82) is 0 Å². The zero-order chi connectivity index (χ0) is 105. The number of benzene rings is 12. The number of amides is 1. The molecule has 12 aromatic carbocycles. The number of carbonyl (C=O) groups excluding carboxylic acids is 3. The normalized spacial score (nSPS) is 11.6. The summed E-state index contributed by atoms with van der Waals surface area (Å²) in [6.45, 7) is 14.5. The number of alkyl halides is 1. The van der Waals surface area contributed by atoms with Crippen LogP contribution in [0.25, 0.3) is 18.2 Å². The number of ether oxygens (including phenoxy) is 10. The number of hydrogen-bond donors (Lipinski definition) is 10. The monoisotopic (exact) mass is 2050 g/mol. The number of halogens is 1. The number of aryl methyl sites for hydroxylation is 1. The van der Waals surface area contributed by atoms with Crippen molar-refractivity contribution in [2.45, 2.75) is 157 Å². The van der Waals surface area contributed by atoms with E-state index in [0.717, 1.165) is 137 Å². The van der Waals surface area contributed by atoms with Gasteiger partial charge in [0.25, 0.3) is 5.97 Å². The first-order chi connectivity index (χ1) is 69.6. The first kappa shape index (κ1) is 127. The molecule has 13 N–H and O–H groups in total. The van der Waals surface area contributed by atoms with E-state index >= 15 is 0 Å². The molecule has 0 bridgehead atoms. The van der Waals surface area contributed by atoms with Crippen molar-refractivity contribution < 1.29 is 137 Å². The molecule has 0 radical (unpaired) electrons. The molecule has 147 heavy (non-hydrogen) atoms. The minimum Gasteiger partial charge on any atom is -1.00 e. The quantitative estimate of drug-likeness (QED) is 0.00447. The summed E-state index contributed by atoms with van der Waals surface area (Å²) in [4.78, 5) is 71.8. The van der Waals surface area contributed by atoms with E-state index in [1.807, 2.05) is 226 Å². The van der Waals surface area contributed by atoms with Crippen LogP contribution in [-0.2, 0) is 90.7 Å². The molecule has 0 aliphatic carbocycles. The van der Waals surface area contributed by atoms with Crippen LogP contribution in [0.1, 0.15) is 171 Å². The van der Waals surface area contributed by atoms with E-state index in [4.69, 9.17) is 100 Å². The van der Waals surface area contributed by atoms with Crippen LogP contribution in [0.3, 0.4) is 0 Å². The van der Waals surface area contributed by atoms with Gasteiger partial charge in [-0.2, -0.15) is 0 Å². The standard InChI is InChI=1S/C29H31NO5.C18H19NO4.C18H23NO2.C15H14O3.C11H10O4.C8H8O3.C7H7Cl.C4H8O.C2H4O2.CH3NO2.Al.Li.H3N.4H/c1-4-24(30-28(31)15-12-23-11-14-26-29(20(23)2)35-19-34-26)16-22-10-13-25(32-3)27(17-22)33-18-21-8-6-5-7-9-21;1-2-17(19(21)22)10-15-8-9-16(12-20)18(11-15)23-13-14-6-4-3-5-7-14;1-2-17(19)10-15-8-9-16(12-20)18(11-15)21-13-14-6-4-3-5-7-14;16-9-13-6-7-14(10-17)15(8-13)18-11-12-4-2-1-3-5-12;1-7-4-9-10(15-6-14-9)5-8(7)2-3-11(12)13;9-4-6-1-2-7(5-10)8(11)3-6;8-6-7-4-2-1-3-5-7;1-2-4-5-3-1;2*1-2(3)4;;;;;;;/h5-15,17,24H,4,16,18-19H2,1-3H3,(H,30,31);3-11,20H,2,12-13H2,1H3;3-9,11,17,20H,2,10,12-13,19H2,1H3;1-9,17H,10-11H2;2-5H,6H2,1H3,(H,12,13);1-4,10-11H,5H2;1-5H,6H2;1-4H2;1H3,(H,3,4);1H3;;;1H3;;;;/q;;;;;;;;;;;+1;;;;;-1/b15-12+;17-10+;;;3-2+;;;;;;;;;;;;. The summed E-state index contributed by atoms with van der Waals surface area (Å²) in [5.41, 5.74) is 21.6. The maximum absolute atomic E-state index is 12.6. The molecule has 1 fully saturated rings. The fraction of sp³-hybridized carbons (Fsp3) is 0.265. The number of nitrogens with two attached hydrogens (primary N) is 1. The van der Waals surface area contributed by atoms with Gasteiger partial charge in [-0.15, -0.1) is 11.6 Å². The van der Waals surface area contributed by atoms with E-state index in [1.54, 1.807) is 68.7 Å². The van der Waals surface area contributed by atoms with E-state index in [1.165, 1.54) is 42.7 Å². The maximum Gasteiger partial charge on any atom is 1.00 e. The second-order valence-corrected chi connectivity index (χ2v) is 32.2. The average Bonchev–Trinajstić information content (AvgIpc) is 1.69. The zero-order valence-electron chi connectivity index (χ0n) is 84.7. The number of aliphatic carboxylic acids is 2. The topological polar surface area (TPSA) is 479 Å². The molecule has 1 saturated heterocycles. The van der Waals surface area contributed by atoms with Crippen LogP contribution in [0.4, 0.5) is 0 Å². The van der Waals surface area contributed by atoms with Crippen molar-refractivity contribution in [2.24, 2.45) is 5.73 Å². The summed E-state index contributed by atoms with van der Waals surface area (Å²) in [6.07, 6.45) is 15.1. The number of aliphatic hydroxyl groups is 4. The van der Waals surface area contributed by atoms with Crippen molar-refractivity contribution in [3.8, 4) is 57.5 Å². The number of nitrogens with zero attached hydrogens (tertiary/aromatic N) is 2. The maximum atomic E-state index is 12.6. The number of carboxylic acid groups (broad SMARTS) is 2. The Balaban J connectivity index is 0.000000587. The van der Waals surface area contributed by atoms with E-state index in [2.05, 4.69) is 19.2 Å². The molecule has 34 heteroatoms. The number of carbonyl (C=O) groups is 5. The van der Waals surface area contributed by atoms with Gasteiger partial charge in [0.05, 0.1) is 38.5 Å². The number of nitro groups is 2. The first-order valence-corrected chi connectivity index (χ1v) is 46.8. The van der Waals surface area contributed by atoms with Crippen LogP contribution < -0.4 is 78.7 Å². The first-order valence-electron chi connectivity index (χ1n) is 46.2. The summed E-state index contributed by atoms with van der Waals surface area (Å²) < 4.78 is 55.1. The third-order valence-corrected chi connectivity index (χ3v) is 21.4. The van der Waals surface area contributed by atoms with E-state index in [0.29, 0.717) is 119 Å². The van der Waals surface area contributed by atoms with Crippen molar-refractivity contribution in [2.75, 3.05) is 41.0 Å². The SMILES string of the molecule is C1CCOC1.CC(=O)O.CC/C(=C\c1ccc(CO)c(OCc2ccccc2)c1)[N+](=O)[O-].CCC(Cc1ccc(OC)c(OCc2ccccc2)c1)NC(=O)/C=C/c1ccc2c(c1C)OCO2.CCC(N)Cc1ccc(CO)c(OCc2ccccc2)c1.C[N+](=O)[O-].Cc1cc2c(cc1/C=C/C(=O)O)OCO2.ClCc1ccccc1.N.O=Cc1ccc(CO)c(O)c1.O=Cc1ccc(CO)c(OCc2ccccc2)c1.[AlH3].[H-].[Li+]. The average molecular weight is 2050 g/mol. The summed E-state index contributed by atoms with van der Waals surface area (Å²) in [7, 11) is 2.52. The van der Waals surface area contributed by atoms with Crippen molar-refractivity contribution >= 4 is 77.6 Å². The Labute approximate surface area is 887 Å². The van der Waals surface area contributed by atoms with Crippen molar-refractivity contribution in [3.05, 3.63) is 405 Å². The summed E-state index contributed by atoms with van der Waals surface area (Å²) in [6, 6.07) is 83.3. The van der Waals surface area contributed by atoms with Crippen LogP contribution in [-0.4, -0.2) is 146 Å². The van der Waals surface area contributed by atoms with E-state index in [-0.39, 0.29) is 118 Å². The van der Waals surface area contributed by atoms with Gasteiger partial charge in [0.1, 0.15) is 62.0 Å². The Bertz CT molecular complexity index is 6010. The number of rotatable bonds is 34. The number of methoxy groups -OCH3 is 1. The fourth-order valence-corrected chi connectivity index (χ4v) is 13.4. The number of allylic oxidation sites excluding steroid dienone is 1. The number of nitrogens with one attached hydrogen (secondary N) is 1. The largest absolute Gasteiger partial charge is 1.00 e. The van der Waals surface area contributed by atoms with Crippen LogP contribution in [0, 0.1) is 34.1 Å². The predicted molar refractivity (Wildman–Crippen MR) is 570 cm³/mol. The number of aliphatic hydroxyl groups excluding tert-OH is 4. The van der Waals surface area contributed by atoms with Gasteiger partial charge in [-0.3, -0.25) is 39.4 Å². The van der Waals surface area contributed by atoms with Crippen molar-refractivity contribution in [1.82, 2.24) is 11.5 Å². The minimum absolute atomic E-state index is 0. The molecular formula is C113H134AlClLiN5O26.